The number of imide groups is 1. The molecule has 1 fully saturated rings. The zero-order chi connectivity index (χ0) is 12.4. The molecule has 0 saturated carbocycles. The normalized spacial score (nSPS) is 15.8. The number of amides is 3. The molecule has 0 aliphatic carbocycles. The standard InChI is InChI=1S/C10H7Cl2N3O2/c11-7-2-1-6(3-8(7)12)4-13-15-5-9(16)14-10(15)17/h1-4H,5H2,(H,14,16,17)/b13-4-. The minimum atomic E-state index is -0.536. The molecule has 2 rings (SSSR count). The largest absolute Gasteiger partial charge is 0.344 e. The first-order chi connectivity index (χ1) is 8.06. The van der Waals surface area contributed by atoms with Gasteiger partial charge in [-0.15, -0.1) is 0 Å². The molecule has 0 aromatic heterocycles. The number of hydrogen-bond donors (Lipinski definition) is 1. The summed E-state index contributed by atoms with van der Waals surface area (Å²) in [7, 11) is 0. The lowest BCUT2D eigenvalue weighted by molar-refractivity contribution is -0.118. The number of urea groups is 1. The van der Waals surface area contributed by atoms with Gasteiger partial charge in [0.1, 0.15) is 6.54 Å². The van der Waals surface area contributed by atoms with Gasteiger partial charge in [0.15, 0.2) is 0 Å². The number of benzene rings is 1. The van der Waals surface area contributed by atoms with E-state index in [4.69, 9.17) is 23.2 Å². The minimum absolute atomic E-state index is 0.0728. The number of rotatable bonds is 2. The van der Waals surface area contributed by atoms with Crippen LogP contribution in [0.3, 0.4) is 0 Å². The van der Waals surface area contributed by atoms with Crippen molar-refractivity contribution >= 4 is 41.4 Å². The van der Waals surface area contributed by atoms with Crippen LogP contribution in [0.2, 0.25) is 10.0 Å². The van der Waals surface area contributed by atoms with Gasteiger partial charge in [0.2, 0.25) is 5.91 Å². The van der Waals surface area contributed by atoms with Gasteiger partial charge in [-0.1, -0.05) is 29.3 Å². The Morgan fingerprint density at radius 1 is 1.29 bits per heavy atom. The van der Waals surface area contributed by atoms with E-state index in [0.717, 1.165) is 5.01 Å². The molecule has 7 heteroatoms. The molecule has 3 amide bonds. The molecule has 88 valence electrons. The van der Waals surface area contributed by atoms with Gasteiger partial charge in [0.25, 0.3) is 0 Å². The van der Waals surface area contributed by atoms with Crippen molar-refractivity contribution in [3.05, 3.63) is 33.8 Å². The average Bonchev–Trinajstić information content (AvgIpc) is 2.59. The van der Waals surface area contributed by atoms with Crippen LogP contribution in [0.15, 0.2) is 23.3 Å². The molecule has 1 aliphatic rings. The van der Waals surface area contributed by atoms with Crippen LogP contribution in [-0.2, 0) is 4.79 Å². The summed E-state index contributed by atoms with van der Waals surface area (Å²) in [5, 5.41) is 7.86. The van der Waals surface area contributed by atoms with Crippen LogP contribution in [-0.4, -0.2) is 29.7 Å². The van der Waals surface area contributed by atoms with Crippen molar-refractivity contribution in [1.29, 1.82) is 0 Å². The Bertz CT molecular complexity index is 516. The fourth-order valence-electron chi connectivity index (χ4n) is 1.25. The van der Waals surface area contributed by atoms with E-state index in [1.165, 1.54) is 6.21 Å². The Labute approximate surface area is 107 Å². The summed E-state index contributed by atoms with van der Waals surface area (Å²) in [6.07, 6.45) is 1.43. The molecule has 0 bridgehead atoms. The van der Waals surface area contributed by atoms with Crippen LogP contribution in [0.4, 0.5) is 4.79 Å². The number of hydrogen-bond acceptors (Lipinski definition) is 3. The maximum atomic E-state index is 11.2. The summed E-state index contributed by atoms with van der Waals surface area (Å²) in [5.41, 5.74) is 0.687. The summed E-state index contributed by atoms with van der Waals surface area (Å²) in [4.78, 5) is 22.0. The highest BCUT2D eigenvalue weighted by Gasteiger charge is 2.25. The van der Waals surface area contributed by atoms with Crippen molar-refractivity contribution in [3.8, 4) is 0 Å². The van der Waals surface area contributed by atoms with E-state index in [1.807, 2.05) is 0 Å². The zero-order valence-electron chi connectivity index (χ0n) is 8.48. The van der Waals surface area contributed by atoms with Crippen LogP contribution in [0.25, 0.3) is 0 Å². The molecular weight excluding hydrogens is 265 g/mol. The summed E-state index contributed by atoms with van der Waals surface area (Å²) in [6.45, 7) is -0.0728. The highest BCUT2D eigenvalue weighted by molar-refractivity contribution is 6.42. The Kier molecular flexibility index (Phi) is 3.31. The van der Waals surface area contributed by atoms with Gasteiger partial charge in [0.05, 0.1) is 16.3 Å². The van der Waals surface area contributed by atoms with E-state index in [-0.39, 0.29) is 12.5 Å². The predicted molar refractivity (Wildman–Crippen MR) is 64.3 cm³/mol. The van der Waals surface area contributed by atoms with Crippen molar-refractivity contribution in [1.82, 2.24) is 10.3 Å². The lowest BCUT2D eigenvalue weighted by atomic mass is 10.2. The van der Waals surface area contributed by atoms with Crippen LogP contribution >= 0.6 is 23.2 Å². The van der Waals surface area contributed by atoms with Crippen molar-refractivity contribution in [2.75, 3.05) is 6.54 Å². The first-order valence-corrected chi connectivity index (χ1v) is 5.42. The summed E-state index contributed by atoms with van der Waals surface area (Å²) in [5.74, 6) is -0.374. The molecule has 17 heavy (non-hydrogen) atoms. The van der Waals surface area contributed by atoms with E-state index in [2.05, 4.69) is 10.4 Å². The molecule has 1 aliphatic heterocycles. The maximum Gasteiger partial charge on any atom is 0.344 e. The third kappa shape index (κ3) is 2.75. The predicted octanol–water partition coefficient (Wildman–Crippen LogP) is 1.88. The smallest absolute Gasteiger partial charge is 0.275 e. The second kappa shape index (κ2) is 4.73. The van der Waals surface area contributed by atoms with Gasteiger partial charge in [-0.3, -0.25) is 10.1 Å². The van der Waals surface area contributed by atoms with E-state index < -0.39 is 6.03 Å². The molecule has 0 spiro atoms. The van der Waals surface area contributed by atoms with Gasteiger partial charge >= 0.3 is 6.03 Å². The van der Waals surface area contributed by atoms with E-state index in [0.29, 0.717) is 15.6 Å². The zero-order valence-corrected chi connectivity index (χ0v) is 10.00. The number of nitrogens with zero attached hydrogens (tertiary/aromatic N) is 2. The van der Waals surface area contributed by atoms with Gasteiger partial charge in [-0.05, 0) is 17.7 Å². The first kappa shape index (κ1) is 11.9. The van der Waals surface area contributed by atoms with E-state index in [1.54, 1.807) is 18.2 Å². The van der Waals surface area contributed by atoms with Crippen LogP contribution < -0.4 is 5.32 Å². The molecule has 1 saturated heterocycles. The summed E-state index contributed by atoms with van der Waals surface area (Å²) in [6, 6.07) is 4.41. The van der Waals surface area contributed by atoms with Crippen molar-refractivity contribution in [3.63, 3.8) is 0 Å². The molecule has 1 N–H and O–H groups in total. The number of carbonyl (C=O) groups is 2. The van der Waals surface area contributed by atoms with Crippen LogP contribution in [0.1, 0.15) is 5.56 Å². The van der Waals surface area contributed by atoms with Gasteiger partial charge in [-0.2, -0.15) is 5.10 Å². The third-order valence-electron chi connectivity index (χ3n) is 2.06. The van der Waals surface area contributed by atoms with Gasteiger partial charge < -0.3 is 0 Å². The fraction of sp³-hybridized carbons (Fsp3) is 0.100. The molecule has 0 unspecified atom stereocenters. The van der Waals surface area contributed by atoms with E-state index in [9.17, 15) is 9.59 Å². The molecule has 1 aromatic carbocycles. The number of hydrazone groups is 1. The van der Waals surface area contributed by atoms with Gasteiger partial charge in [-0.25, -0.2) is 9.80 Å². The monoisotopic (exact) mass is 271 g/mol. The molecule has 1 aromatic rings. The Balaban J connectivity index is 2.12. The Morgan fingerprint density at radius 2 is 2.06 bits per heavy atom. The maximum absolute atomic E-state index is 11.2. The number of carbonyl (C=O) groups excluding carboxylic acids is 2. The molecule has 5 nitrogen and oxygen atoms in total. The second-order valence-corrected chi connectivity index (χ2v) is 4.14. The topological polar surface area (TPSA) is 61.8 Å². The number of halogens is 2. The van der Waals surface area contributed by atoms with Crippen molar-refractivity contribution in [2.24, 2.45) is 5.10 Å². The van der Waals surface area contributed by atoms with Crippen LogP contribution in [0.5, 0.6) is 0 Å². The quantitative estimate of drug-likeness (QED) is 0.660. The molecule has 0 atom stereocenters. The SMILES string of the molecule is O=C1CN(/N=C\c2ccc(Cl)c(Cl)c2)C(=O)N1. The van der Waals surface area contributed by atoms with Crippen molar-refractivity contribution < 1.29 is 9.59 Å². The summed E-state index contributed by atoms with van der Waals surface area (Å²) < 4.78 is 0. The highest BCUT2D eigenvalue weighted by Crippen LogP contribution is 2.21. The second-order valence-electron chi connectivity index (χ2n) is 3.33. The molecular formula is C10H7Cl2N3O2. The fourth-order valence-corrected chi connectivity index (χ4v) is 1.56. The number of nitrogens with one attached hydrogen (secondary N) is 1. The highest BCUT2D eigenvalue weighted by atomic mass is 35.5. The summed E-state index contributed by atoms with van der Waals surface area (Å²) >= 11 is 11.6. The average molecular weight is 272 g/mol. The van der Waals surface area contributed by atoms with Crippen LogP contribution in [0, 0.1) is 0 Å². The lowest BCUT2D eigenvalue weighted by Gasteiger charge is -2.04. The first-order valence-electron chi connectivity index (χ1n) is 4.66. The van der Waals surface area contributed by atoms with E-state index >= 15 is 0 Å². The molecule has 0 radical (unpaired) electrons. The Morgan fingerprint density at radius 3 is 2.65 bits per heavy atom. The Hall–Kier alpha value is -1.59. The molecule has 1 heterocycles. The lowest BCUT2D eigenvalue weighted by Crippen LogP contribution is -2.24. The van der Waals surface area contributed by atoms with Gasteiger partial charge in [0, 0.05) is 0 Å². The minimum Gasteiger partial charge on any atom is -0.275 e. The third-order valence-corrected chi connectivity index (χ3v) is 2.80. The van der Waals surface area contributed by atoms with Crippen molar-refractivity contribution in [2.45, 2.75) is 0 Å².